The molecule has 1 aromatic heterocycles. The van der Waals surface area contributed by atoms with E-state index in [-0.39, 0.29) is 50.6 Å². The zero-order valence-electron chi connectivity index (χ0n) is 41.9. The molecule has 2 unspecified atom stereocenters. The molecule has 0 bridgehead atoms. The lowest BCUT2D eigenvalue weighted by Crippen LogP contribution is -2.58. The summed E-state index contributed by atoms with van der Waals surface area (Å²) in [5, 5.41) is 19.4. The quantitative estimate of drug-likeness (QED) is 0.0685. The third-order valence-corrected chi connectivity index (χ3v) is 14.9. The van der Waals surface area contributed by atoms with Crippen LogP contribution >= 0.6 is 11.3 Å². The predicted octanol–water partition coefficient (Wildman–Crippen LogP) is 4.98. The van der Waals surface area contributed by atoms with Crippen molar-refractivity contribution in [1.29, 1.82) is 0 Å². The number of halogens is 1. The number of alkyl carbamates (subject to hydrolysis) is 1. The van der Waals surface area contributed by atoms with Crippen LogP contribution in [0.15, 0.2) is 66.2 Å². The predicted molar refractivity (Wildman–Crippen MR) is 273 cm³/mol. The number of hydrogen-bond donors (Lipinski definition) is 6. The minimum atomic E-state index is -1.09. The van der Waals surface area contributed by atoms with E-state index in [2.05, 4.69) is 20.9 Å². The number of nitrogens with zero attached hydrogens (tertiary/aromatic N) is 4. The van der Waals surface area contributed by atoms with Crippen LogP contribution in [0.4, 0.5) is 20.6 Å². The van der Waals surface area contributed by atoms with Crippen LogP contribution in [0.1, 0.15) is 100 Å². The number of unbranched alkanes of at least 4 members (excludes halogenated alkanes) is 1. The number of para-hydroxylation sites is 1. The number of benzene rings is 3. The largest absolute Gasteiger partial charge is 0.450 e. The number of primary amides is 1. The smallest absolute Gasteiger partial charge is 0.407 e. The number of aliphatic hydroxyl groups excluding tert-OH is 1. The number of likely N-dealkylation sites (N-methyl/N-ethyl adjacent to an activating group) is 1. The molecule has 0 saturated carbocycles. The Balaban J connectivity index is 0.902. The van der Waals surface area contributed by atoms with E-state index in [1.807, 2.05) is 56.3 Å². The number of amides is 6. The van der Waals surface area contributed by atoms with E-state index in [0.717, 1.165) is 38.5 Å². The molecule has 1 saturated heterocycles. The zero-order valence-corrected chi connectivity index (χ0v) is 42.7. The maximum Gasteiger partial charge on any atom is 0.407 e. The maximum absolute atomic E-state index is 16.2. The van der Waals surface area contributed by atoms with E-state index < -0.39 is 83.3 Å². The highest BCUT2D eigenvalue weighted by atomic mass is 32.1. The molecule has 19 heteroatoms. The Labute approximate surface area is 424 Å². The third kappa shape index (κ3) is 12.4. The fourth-order valence-electron chi connectivity index (χ4n) is 9.93. The first-order chi connectivity index (χ1) is 34.2. The van der Waals surface area contributed by atoms with Crippen molar-refractivity contribution in [2.45, 2.75) is 135 Å². The summed E-state index contributed by atoms with van der Waals surface area (Å²) >= 11 is 1.56. The molecule has 3 aliphatic rings. The number of aromatic nitrogens is 1. The van der Waals surface area contributed by atoms with Crippen LogP contribution < -0.4 is 37.2 Å². The molecule has 3 aliphatic heterocycles. The summed E-state index contributed by atoms with van der Waals surface area (Å²) in [5.41, 5.74) is 18.9. The Morgan fingerprint density at radius 1 is 0.986 bits per heavy atom. The second-order valence-corrected chi connectivity index (χ2v) is 21.2. The molecule has 0 aliphatic carbocycles. The van der Waals surface area contributed by atoms with Crippen molar-refractivity contribution in [2.75, 3.05) is 36.5 Å². The van der Waals surface area contributed by atoms with Crippen LogP contribution in [-0.4, -0.2) is 114 Å². The molecule has 386 valence electrons. The summed E-state index contributed by atoms with van der Waals surface area (Å²) in [7, 11) is 1.69. The van der Waals surface area contributed by atoms with E-state index in [0.29, 0.717) is 44.1 Å². The van der Waals surface area contributed by atoms with Gasteiger partial charge in [-0.25, -0.2) is 14.2 Å². The van der Waals surface area contributed by atoms with Gasteiger partial charge in [0.05, 0.1) is 52.3 Å². The van der Waals surface area contributed by atoms with Crippen molar-refractivity contribution in [3.63, 3.8) is 0 Å². The van der Waals surface area contributed by atoms with Gasteiger partial charge in [0.25, 0.3) is 0 Å². The summed E-state index contributed by atoms with van der Waals surface area (Å²) in [6.07, 6.45) is 0.999. The second kappa shape index (κ2) is 23.0. The number of ether oxygens (including phenoxy) is 1. The van der Waals surface area contributed by atoms with Gasteiger partial charge in [-0.05, 0) is 91.7 Å². The lowest BCUT2D eigenvalue weighted by Gasteiger charge is -2.35. The number of anilines is 2. The van der Waals surface area contributed by atoms with Gasteiger partial charge in [0.2, 0.25) is 29.5 Å². The molecule has 7 atom stereocenters. The molecule has 7 rings (SSSR count). The summed E-state index contributed by atoms with van der Waals surface area (Å²) < 4.78 is 21.7. The average molecular weight is 1010 g/mol. The monoisotopic (exact) mass is 1010 g/mol. The summed E-state index contributed by atoms with van der Waals surface area (Å²) in [5.74, 6) is -2.67. The molecule has 3 aromatic carbocycles. The standard InChI is InChI=1S/C53H68FN9O8S/c1-30(32-16-18-35(19-17-32)46-31(2)57-29-72-46)58-48(66)41-26-38(64)28-62(41)51(69)47(53(3,4)5)60-52(70)71-24-8-7-11-33-12-10-15-40(44(33)54)61(6)27-37(21-23-43(56)65)59-49(67)42-25-36-14-9-13-34-20-22-39(55)50(68)63(42)45(34)36/h9-10,12-19,29-30,37-39,41-42,47,64H,7-8,11,20-28,55H2,1-6H3,(H2,56,65)(H,58,66)(H,59,67)(H,60,70)/t30-,37?,38+,39-,41?,42-,47+/m0/s1. The number of nitrogens with two attached hydrogens (primary N) is 2. The molecule has 4 heterocycles. The maximum atomic E-state index is 16.2. The number of β-amino-alcohol motifs (C(OH)–C–C–N with tert-alkyl or cyclic N) is 1. The van der Waals surface area contributed by atoms with Gasteiger partial charge in [-0.3, -0.25) is 28.9 Å². The molecule has 0 spiro atoms. The molecular formula is C53H68FN9O8S. The first-order valence-electron chi connectivity index (χ1n) is 24.7. The second-order valence-electron chi connectivity index (χ2n) is 20.4. The van der Waals surface area contributed by atoms with E-state index in [1.54, 1.807) is 67.8 Å². The molecule has 8 N–H and O–H groups in total. The number of rotatable bonds is 19. The van der Waals surface area contributed by atoms with Gasteiger partial charge in [0.15, 0.2) is 0 Å². The minimum Gasteiger partial charge on any atom is -0.450 e. The van der Waals surface area contributed by atoms with Crippen molar-refractivity contribution in [2.24, 2.45) is 16.9 Å². The van der Waals surface area contributed by atoms with E-state index in [9.17, 15) is 33.9 Å². The van der Waals surface area contributed by atoms with Crippen LogP contribution in [-0.2, 0) is 48.0 Å². The van der Waals surface area contributed by atoms with Gasteiger partial charge >= 0.3 is 6.09 Å². The molecule has 72 heavy (non-hydrogen) atoms. The first kappa shape index (κ1) is 53.4. The summed E-state index contributed by atoms with van der Waals surface area (Å²) in [6.45, 7) is 9.20. The Bertz CT molecular complexity index is 2640. The molecule has 1 fully saturated rings. The minimum absolute atomic E-state index is 0.0160. The number of aryl methyl sites for hydroxylation is 3. The highest BCUT2D eigenvalue weighted by molar-refractivity contribution is 7.13. The van der Waals surface area contributed by atoms with Crippen LogP contribution in [0, 0.1) is 18.2 Å². The molecule has 0 radical (unpaired) electrons. The fourth-order valence-corrected chi connectivity index (χ4v) is 10.7. The molecule has 17 nitrogen and oxygen atoms in total. The van der Waals surface area contributed by atoms with Crippen molar-refractivity contribution >= 4 is 58.3 Å². The SMILES string of the molecule is Cc1ncsc1-c1ccc([C@H](C)NC(=O)C2C[C@@H](O)CN2C(=O)[C@@H](NC(=O)OCCCCc2cccc(N(C)CC(CCC(N)=O)NC(=O)[C@@H]3Cc4cccc5c4N3C(=O)[C@@H](N)CC5)c2F)C(C)(C)C)cc1. The third-order valence-electron chi connectivity index (χ3n) is 13.9. The van der Waals surface area contributed by atoms with E-state index >= 15 is 4.39 Å². The van der Waals surface area contributed by atoms with E-state index in [1.165, 1.54) is 9.80 Å². The van der Waals surface area contributed by atoms with Crippen LogP contribution in [0.25, 0.3) is 10.4 Å². The number of aliphatic hydroxyl groups is 1. The summed E-state index contributed by atoms with van der Waals surface area (Å²) in [4.78, 5) is 90.3. The van der Waals surface area contributed by atoms with Gasteiger partial charge in [-0.15, -0.1) is 11.3 Å². The number of hydrogen-bond acceptors (Lipinski definition) is 12. The number of likely N-dealkylation sites (tertiary alicyclic amines) is 1. The Hall–Kier alpha value is -6.44. The van der Waals surface area contributed by atoms with E-state index in [4.69, 9.17) is 16.2 Å². The zero-order chi connectivity index (χ0) is 52.0. The van der Waals surface area contributed by atoms with Gasteiger partial charge < -0.3 is 47.1 Å². The highest BCUT2D eigenvalue weighted by Crippen LogP contribution is 2.39. The number of carbonyl (C=O) groups excluding carboxylic acids is 6. The molecule has 6 amide bonds. The first-order valence-corrected chi connectivity index (χ1v) is 25.6. The Kier molecular flexibility index (Phi) is 17.0. The Morgan fingerprint density at radius 2 is 1.69 bits per heavy atom. The molecular weight excluding hydrogens is 942 g/mol. The van der Waals surface area contributed by atoms with Crippen molar-refractivity contribution < 1.29 is 43.0 Å². The Morgan fingerprint density at radius 3 is 2.39 bits per heavy atom. The number of thiazole rings is 1. The summed E-state index contributed by atoms with van der Waals surface area (Å²) in [6, 6.07) is 14.0. The van der Waals surface area contributed by atoms with Crippen molar-refractivity contribution in [1.82, 2.24) is 25.8 Å². The van der Waals surface area contributed by atoms with Gasteiger partial charge in [0, 0.05) is 45.4 Å². The lowest BCUT2D eigenvalue weighted by molar-refractivity contribution is -0.142. The average Bonchev–Trinajstić information content (AvgIpc) is 4.05. The lowest BCUT2D eigenvalue weighted by atomic mass is 9.85. The van der Waals surface area contributed by atoms with Crippen LogP contribution in [0.3, 0.4) is 0 Å². The van der Waals surface area contributed by atoms with Crippen LogP contribution in [0.5, 0.6) is 0 Å². The van der Waals surface area contributed by atoms with Gasteiger partial charge in [0.1, 0.15) is 23.9 Å². The number of nitrogens with one attached hydrogen (secondary N) is 3. The number of carbonyl (C=O) groups is 6. The van der Waals surface area contributed by atoms with Crippen molar-refractivity contribution in [3.05, 3.63) is 99.9 Å². The highest BCUT2D eigenvalue weighted by Gasteiger charge is 2.46. The van der Waals surface area contributed by atoms with Crippen molar-refractivity contribution in [3.8, 4) is 10.4 Å². The molecule has 4 aromatic rings. The van der Waals surface area contributed by atoms with Crippen LogP contribution in [0.2, 0.25) is 0 Å². The topological polar surface area (TPSA) is 243 Å². The van der Waals surface area contributed by atoms with Gasteiger partial charge in [-0.2, -0.15) is 0 Å². The normalized spacial score (nSPS) is 19.7. The fraction of sp³-hybridized carbons (Fsp3) is 0.491. The van der Waals surface area contributed by atoms with Gasteiger partial charge in [-0.1, -0.05) is 75.4 Å².